The van der Waals surface area contributed by atoms with Gasteiger partial charge in [-0.3, -0.25) is 0 Å². The molecule has 72 valence electrons. The summed E-state index contributed by atoms with van der Waals surface area (Å²) in [5.74, 6) is 0. The minimum absolute atomic E-state index is 0.498. The molecule has 0 radical (unpaired) electrons. The maximum atomic E-state index is 11.8. The zero-order chi connectivity index (χ0) is 9.90. The van der Waals surface area contributed by atoms with E-state index < -0.39 is 12.7 Å². The smallest absolute Gasteiger partial charge is 0.376 e. The van der Waals surface area contributed by atoms with Gasteiger partial charge >= 0.3 is 6.18 Å². The predicted octanol–water partition coefficient (Wildman–Crippen LogP) is 2.97. The van der Waals surface area contributed by atoms with Crippen LogP contribution in [0, 0.1) is 6.92 Å². The van der Waals surface area contributed by atoms with Crippen molar-refractivity contribution in [1.82, 2.24) is 0 Å². The monoisotopic (exact) mass is 189 g/mol. The maximum absolute atomic E-state index is 11.8. The van der Waals surface area contributed by atoms with Gasteiger partial charge < -0.3 is 5.32 Å². The summed E-state index contributed by atoms with van der Waals surface area (Å²) in [4.78, 5) is 0. The fourth-order valence-electron chi connectivity index (χ4n) is 0.957. The second-order valence-electron chi connectivity index (χ2n) is 2.84. The van der Waals surface area contributed by atoms with Crippen molar-refractivity contribution < 1.29 is 13.2 Å². The largest absolute Gasteiger partial charge is 0.405 e. The van der Waals surface area contributed by atoms with E-state index in [2.05, 4.69) is 5.32 Å². The normalized spacial score (nSPS) is 11.4. The molecule has 0 aromatic heterocycles. The molecule has 0 spiro atoms. The van der Waals surface area contributed by atoms with Crippen molar-refractivity contribution in [1.29, 1.82) is 0 Å². The van der Waals surface area contributed by atoms with Crippen LogP contribution in [0.25, 0.3) is 0 Å². The van der Waals surface area contributed by atoms with E-state index >= 15 is 0 Å². The topological polar surface area (TPSA) is 12.0 Å². The van der Waals surface area contributed by atoms with Crippen molar-refractivity contribution in [3.63, 3.8) is 0 Å². The molecule has 1 rings (SSSR count). The van der Waals surface area contributed by atoms with Gasteiger partial charge in [0.1, 0.15) is 6.54 Å². The van der Waals surface area contributed by atoms with Crippen LogP contribution >= 0.6 is 0 Å². The van der Waals surface area contributed by atoms with Gasteiger partial charge in [0.25, 0.3) is 0 Å². The number of aryl methyl sites for hydroxylation is 1. The number of hydrogen-bond donors (Lipinski definition) is 1. The Bertz CT molecular complexity index is 280. The van der Waals surface area contributed by atoms with Gasteiger partial charge in [0, 0.05) is 5.69 Å². The molecule has 0 bridgehead atoms. The summed E-state index contributed by atoms with van der Waals surface area (Å²) < 4.78 is 35.3. The first-order chi connectivity index (χ1) is 5.97. The molecule has 1 aromatic rings. The average molecular weight is 189 g/mol. The molecule has 1 nitrogen and oxygen atoms in total. The molecule has 0 aliphatic carbocycles. The molecule has 4 heteroatoms. The fraction of sp³-hybridized carbons (Fsp3) is 0.333. The third kappa shape index (κ3) is 3.83. The van der Waals surface area contributed by atoms with Gasteiger partial charge in [0.05, 0.1) is 0 Å². The van der Waals surface area contributed by atoms with E-state index in [1.807, 2.05) is 13.0 Å². The van der Waals surface area contributed by atoms with Gasteiger partial charge in [-0.2, -0.15) is 13.2 Å². The minimum atomic E-state index is -4.16. The van der Waals surface area contributed by atoms with Crippen molar-refractivity contribution >= 4 is 5.69 Å². The van der Waals surface area contributed by atoms with Gasteiger partial charge in [-0.1, -0.05) is 12.1 Å². The number of benzene rings is 1. The van der Waals surface area contributed by atoms with Gasteiger partial charge in [-0.15, -0.1) is 0 Å². The Balaban J connectivity index is 2.55. The Morgan fingerprint density at radius 3 is 2.54 bits per heavy atom. The van der Waals surface area contributed by atoms with Crippen molar-refractivity contribution in [2.24, 2.45) is 0 Å². The van der Waals surface area contributed by atoms with E-state index in [9.17, 15) is 13.2 Å². The van der Waals surface area contributed by atoms with Crippen LogP contribution in [0.1, 0.15) is 5.56 Å². The summed E-state index contributed by atoms with van der Waals surface area (Å²) in [5.41, 5.74) is 1.43. The first kappa shape index (κ1) is 9.89. The standard InChI is InChI=1S/C9H10F3N/c1-7-3-2-4-8(5-7)13-6-9(10,11)12/h2-5,13H,6H2,1H3. The van der Waals surface area contributed by atoms with E-state index in [0.717, 1.165) is 5.56 Å². The molecule has 0 unspecified atom stereocenters. The molecular formula is C9H10F3N. The summed E-state index contributed by atoms with van der Waals surface area (Å²) in [6.45, 7) is 0.842. The highest BCUT2D eigenvalue weighted by molar-refractivity contribution is 5.45. The third-order valence-electron chi connectivity index (χ3n) is 1.51. The van der Waals surface area contributed by atoms with E-state index in [4.69, 9.17) is 0 Å². The minimum Gasteiger partial charge on any atom is -0.376 e. The molecule has 1 N–H and O–H groups in total. The summed E-state index contributed by atoms with van der Waals surface area (Å²) in [6, 6.07) is 6.83. The van der Waals surface area contributed by atoms with Crippen molar-refractivity contribution in [3.05, 3.63) is 29.8 Å². The molecular weight excluding hydrogens is 179 g/mol. The predicted molar refractivity (Wildman–Crippen MR) is 45.7 cm³/mol. The molecule has 1 aromatic carbocycles. The first-order valence-corrected chi connectivity index (χ1v) is 3.85. The summed E-state index contributed by atoms with van der Waals surface area (Å²) in [6.07, 6.45) is -4.16. The third-order valence-corrected chi connectivity index (χ3v) is 1.51. The zero-order valence-corrected chi connectivity index (χ0v) is 7.15. The van der Waals surface area contributed by atoms with Crippen LogP contribution in [0.3, 0.4) is 0 Å². The van der Waals surface area contributed by atoms with E-state index in [1.54, 1.807) is 18.2 Å². The molecule has 0 aliphatic rings. The van der Waals surface area contributed by atoms with Crippen LogP contribution in [0.5, 0.6) is 0 Å². The van der Waals surface area contributed by atoms with E-state index in [1.165, 1.54) is 0 Å². The molecule has 13 heavy (non-hydrogen) atoms. The lowest BCUT2D eigenvalue weighted by molar-refractivity contribution is -0.115. The van der Waals surface area contributed by atoms with Gasteiger partial charge in [-0.25, -0.2) is 0 Å². The Morgan fingerprint density at radius 1 is 1.31 bits per heavy atom. The van der Waals surface area contributed by atoms with Crippen LogP contribution in [-0.2, 0) is 0 Å². The van der Waals surface area contributed by atoms with Crippen LogP contribution in [-0.4, -0.2) is 12.7 Å². The molecule has 0 fully saturated rings. The van der Waals surface area contributed by atoms with E-state index in [-0.39, 0.29) is 0 Å². The van der Waals surface area contributed by atoms with Crippen LogP contribution in [0.4, 0.5) is 18.9 Å². The van der Waals surface area contributed by atoms with Gasteiger partial charge in [0.15, 0.2) is 0 Å². The second kappa shape index (κ2) is 3.68. The molecule has 0 atom stereocenters. The highest BCUT2D eigenvalue weighted by Crippen LogP contribution is 2.16. The number of alkyl halides is 3. The lowest BCUT2D eigenvalue weighted by Crippen LogP contribution is -2.21. The van der Waals surface area contributed by atoms with Crippen molar-refractivity contribution in [3.8, 4) is 0 Å². The number of hydrogen-bond acceptors (Lipinski definition) is 1. The lowest BCUT2D eigenvalue weighted by atomic mass is 10.2. The Hall–Kier alpha value is -1.19. The summed E-state index contributed by atoms with van der Waals surface area (Å²) in [7, 11) is 0. The van der Waals surface area contributed by atoms with Crippen molar-refractivity contribution in [2.45, 2.75) is 13.1 Å². The molecule has 0 heterocycles. The zero-order valence-electron chi connectivity index (χ0n) is 7.15. The maximum Gasteiger partial charge on any atom is 0.405 e. The molecule has 0 aliphatic heterocycles. The lowest BCUT2D eigenvalue weighted by Gasteiger charge is -2.09. The molecule has 0 saturated heterocycles. The first-order valence-electron chi connectivity index (χ1n) is 3.85. The number of nitrogens with one attached hydrogen (secondary N) is 1. The van der Waals surface area contributed by atoms with Crippen LogP contribution < -0.4 is 5.32 Å². The highest BCUT2D eigenvalue weighted by Gasteiger charge is 2.26. The SMILES string of the molecule is Cc1cccc(NCC(F)(F)F)c1. The second-order valence-corrected chi connectivity index (χ2v) is 2.84. The summed E-state index contributed by atoms with van der Waals surface area (Å²) in [5, 5.41) is 2.30. The number of rotatable bonds is 2. The molecule has 0 amide bonds. The molecule has 0 saturated carbocycles. The van der Waals surface area contributed by atoms with Crippen LogP contribution in [0.15, 0.2) is 24.3 Å². The fourth-order valence-corrected chi connectivity index (χ4v) is 0.957. The van der Waals surface area contributed by atoms with Crippen LogP contribution in [0.2, 0.25) is 0 Å². The quantitative estimate of drug-likeness (QED) is 0.754. The Morgan fingerprint density at radius 2 is 2.00 bits per heavy atom. The Kier molecular flexibility index (Phi) is 2.80. The van der Waals surface area contributed by atoms with Gasteiger partial charge in [-0.05, 0) is 24.6 Å². The number of anilines is 1. The average Bonchev–Trinajstić information content (AvgIpc) is 2.00. The van der Waals surface area contributed by atoms with E-state index in [0.29, 0.717) is 5.69 Å². The Labute approximate surface area is 74.6 Å². The summed E-state index contributed by atoms with van der Waals surface area (Å²) >= 11 is 0. The highest BCUT2D eigenvalue weighted by atomic mass is 19.4. The van der Waals surface area contributed by atoms with Crippen molar-refractivity contribution in [2.75, 3.05) is 11.9 Å². The number of halogens is 3. The van der Waals surface area contributed by atoms with Gasteiger partial charge in [0.2, 0.25) is 0 Å².